The third kappa shape index (κ3) is 3.89. The Morgan fingerprint density at radius 3 is 2.71 bits per heavy atom. The normalized spacial score (nSPS) is 21.3. The fourth-order valence-electron chi connectivity index (χ4n) is 1.95. The molecule has 6 heteroatoms. The molecule has 1 aliphatic rings. The quantitative estimate of drug-likeness (QED) is 0.647. The highest BCUT2D eigenvalue weighted by molar-refractivity contribution is 5.82. The van der Waals surface area contributed by atoms with Crippen LogP contribution < -0.4 is 5.32 Å². The highest BCUT2D eigenvalue weighted by Crippen LogP contribution is 2.15. The summed E-state index contributed by atoms with van der Waals surface area (Å²) < 4.78 is 0. The summed E-state index contributed by atoms with van der Waals surface area (Å²) in [6, 6.07) is -1.16. The number of aliphatic carboxylic acids is 1. The molecule has 3 N–H and O–H groups in total. The van der Waals surface area contributed by atoms with Crippen molar-refractivity contribution in [2.24, 2.45) is 5.92 Å². The molecule has 1 aliphatic heterocycles. The van der Waals surface area contributed by atoms with Crippen LogP contribution in [0.15, 0.2) is 0 Å². The van der Waals surface area contributed by atoms with Crippen molar-refractivity contribution in [3.63, 3.8) is 0 Å². The highest BCUT2D eigenvalue weighted by atomic mass is 16.4. The van der Waals surface area contributed by atoms with E-state index in [1.165, 1.54) is 0 Å². The lowest BCUT2D eigenvalue weighted by Gasteiger charge is -2.20. The molecule has 0 aromatic heterocycles. The van der Waals surface area contributed by atoms with Gasteiger partial charge in [-0.1, -0.05) is 13.3 Å². The molecule has 0 saturated carbocycles. The summed E-state index contributed by atoms with van der Waals surface area (Å²) in [6.45, 7) is 3.02. The van der Waals surface area contributed by atoms with Gasteiger partial charge >= 0.3 is 12.0 Å². The predicted molar refractivity (Wildman–Crippen MR) is 61.6 cm³/mol. The summed E-state index contributed by atoms with van der Waals surface area (Å²) in [5.74, 6) is -0.881. The summed E-state index contributed by atoms with van der Waals surface area (Å²) in [5, 5.41) is 20.4. The number of urea groups is 1. The van der Waals surface area contributed by atoms with Crippen LogP contribution in [0.25, 0.3) is 0 Å². The summed E-state index contributed by atoms with van der Waals surface area (Å²) >= 11 is 0. The second-order valence-corrected chi connectivity index (χ2v) is 4.41. The van der Waals surface area contributed by atoms with Crippen LogP contribution in [0.5, 0.6) is 0 Å². The third-order valence-electron chi connectivity index (χ3n) is 3.00. The van der Waals surface area contributed by atoms with E-state index in [1.54, 1.807) is 4.90 Å². The molecule has 1 fully saturated rings. The highest BCUT2D eigenvalue weighted by Gasteiger charge is 2.28. The molecule has 98 valence electrons. The van der Waals surface area contributed by atoms with Crippen molar-refractivity contribution in [3.8, 4) is 0 Å². The van der Waals surface area contributed by atoms with E-state index in [2.05, 4.69) is 5.32 Å². The van der Waals surface area contributed by atoms with Crippen LogP contribution in [0.4, 0.5) is 4.79 Å². The minimum Gasteiger partial charge on any atom is -0.480 e. The first-order valence-corrected chi connectivity index (χ1v) is 5.97. The standard InChI is InChI=1S/C11H20N2O4/c1-2-3-9(10(15)16)12-11(17)13-5-4-8(6-13)7-14/h8-9,14H,2-7H2,1H3,(H,12,17)(H,15,16). The molecule has 2 amide bonds. The number of carboxylic acid groups (broad SMARTS) is 1. The van der Waals surface area contributed by atoms with Gasteiger partial charge in [-0.15, -0.1) is 0 Å². The molecule has 0 spiro atoms. The van der Waals surface area contributed by atoms with Gasteiger partial charge in [0.2, 0.25) is 0 Å². The van der Waals surface area contributed by atoms with E-state index in [-0.39, 0.29) is 18.6 Å². The second-order valence-electron chi connectivity index (χ2n) is 4.41. The molecule has 0 aromatic carbocycles. The number of nitrogens with one attached hydrogen (secondary N) is 1. The maximum Gasteiger partial charge on any atom is 0.326 e. The summed E-state index contributed by atoms with van der Waals surface area (Å²) in [5.41, 5.74) is 0. The monoisotopic (exact) mass is 244 g/mol. The summed E-state index contributed by atoms with van der Waals surface area (Å²) in [4.78, 5) is 24.2. The number of carbonyl (C=O) groups excluding carboxylic acids is 1. The number of likely N-dealkylation sites (tertiary alicyclic amines) is 1. The number of rotatable bonds is 5. The Morgan fingerprint density at radius 1 is 1.53 bits per heavy atom. The Morgan fingerprint density at radius 2 is 2.24 bits per heavy atom. The second kappa shape index (κ2) is 6.44. The van der Waals surface area contributed by atoms with E-state index < -0.39 is 12.0 Å². The third-order valence-corrected chi connectivity index (χ3v) is 3.00. The lowest BCUT2D eigenvalue weighted by atomic mass is 10.1. The van der Waals surface area contributed by atoms with Gasteiger partial charge in [-0.2, -0.15) is 0 Å². The first kappa shape index (κ1) is 13.8. The predicted octanol–water partition coefficient (Wildman–Crippen LogP) is 0.263. The van der Waals surface area contributed by atoms with Crippen molar-refractivity contribution in [1.82, 2.24) is 10.2 Å². The molecular weight excluding hydrogens is 224 g/mol. The molecule has 17 heavy (non-hydrogen) atoms. The molecular formula is C11H20N2O4. The van der Waals surface area contributed by atoms with E-state index in [0.29, 0.717) is 25.9 Å². The van der Waals surface area contributed by atoms with Crippen LogP contribution in [0, 0.1) is 5.92 Å². The molecule has 1 rings (SSSR count). The van der Waals surface area contributed by atoms with E-state index in [9.17, 15) is 9.59 Å². The van der Waals surface area contributed by atoms with Crippen molar-refractivity contribution in [2.45, 2.75) is 32.2 Å². The van der Waals surface area contributed by atoms with Gasteiger partial charge in [0, 0.05) is 25.6 Å². The van der Waals surface area contributed by atoms with Gasteiger partial charge in [-0.3, -0.25) is 0 Å². The van der Waals surface area contributed by atoms with Crippen molar-refractivity contribution in [2.75, 3.05) is 19.7 Å². The van der Waals surface area contributed by atoms with Crippen LogP contribution in [0.3, 0.4) is 0 Å². The smallest absolute Gasteiger partial charge is 0.326 e. The zero-order valence-electron chi connectivity index (χ0n) is 10.1. The first-order valence-electron chi connectivity index (χ1n) is 5.97. The minimum atomic E-state index is -1.00. The fourth-order valence-corrected chi connectivity index (χ4v) is 1.95. The van der Waals surface area contributed by atoms with Gasteiger partial charge < -0.3 is 20.4 Å². The zero-order valence-corrected chi connectivity index (χ0v) is 10.1. The number of hydrogen-bond acceptors (Lipinski definition) is 3. The van der Waals surface area contributed by atoms with Crippen molar-refractivity contribution in [3.05, 3.63) is 0 Å². The van der Waals surface area contributed by atoms with Gasteiger partial charge in [-0.25, -0.2) is 9.59 Å². The molecule has 0 bridgehead atoms. The van der Waals surface area contributed by atoms with Crippen molar-refractivity contribution >= 4 is 12.0 Å². The van der Waals surface area contributed by atoms with Crippen LogP contribution in [-0.4, -0.2) is 52.9 Å². The number of nitrogens with zero attached hydrogens (tertiary/aromatic N) is 1. The Labute approximate surface area is 101 Å². The fraction of sp³-hybridized carbons (Fsp3) is 0.818. The van der Waals surface area contributed by atoms with Crippen LogP contribution in [0.1, 0.15) is 26.2 Å². The topological polar surface area (TPSA) is 89.9 Å². The van der Waals surface area contributed by atoms with Gasteiger partial charge in [0.1, 0.15) is 6.04 Å². The Bertz CT molecular complexity index is 283. The lowest BCUT2D eigenvalue weighted by Crippen LogP contribution is -2.47. The maximum atomic E-state index is 11.8. The lowest BCUT2D eigenvalue weighted by molar-refractivity contribution is -0.139. The average Bonchev–Trinajstić information content (AvgIpc) is 2.76. The van der Waals surface area contributed by atoms with Gasteiger partial charge in [0.15, 0.2) is 0 Å². The first-order chi connectivity index (χ1) is 8.08. The summed E-state index contributed by atoms with van der Waals surface area (Å²) in [7, 11) is 0. The molecule has 0 radical (unpaired) electrons. The van der Waals surface area contributed by atoms with E-state index >= 15 is 0 Å². The SMILES string of the molecule is CCCC(NC(=O)N1CCC(CO)C1)C(=O)O. The molecule has 2 atom stereocenters. The summed E-state index contributed by atoms with van der Waals surface area (Å²) in [6.07, 6.45) is 1.91. The average molecular weight is 244 g/mol. The Balaban J connectivity index is 2.45. The van der Waals surface area contributed by atoms with Gasteiger partial charge in [-0.05, 0) is 12.8 Å². The number of carbonyl (C=O) groups is 2. The van der Waals surface area contributed by atoms with Gasteiger partial charge in [0.05, 0.1) is 0 Å². The Hall–Kier alpha value is -1.30. The van der Waals surface area contributed by atoms with Crippen LogP contribution >= 0.6 is 0 Å². The van der Waals surface area contributed by atoms with Crippen molar-refractivity contribution < 1.29 is 19.8 Å². The van der Waals surface area contributed by atoms with E-state index in [0.717, 1.165) is 6.42 Å². The largest absolute Gasteiger partial charge is 0.480 e. The molecule has 0 aliphatic carbocycles. The van der Waals surface area contributed by atoms with Gasteiger partial charge in [0.25, 0.3) is 0 Å². The number of aliphatic hydroxyl groups excluding tert-OH is 1. The van der Waals surface area contributed by atoms with Crippen LogP contribution in [0.2, 0.25) is 0 Å². The maximum absolute atomic E-state index is 11.8. The number of carboxylic acids is 1. The number of aliphatic hydroxyl groups is 1. The van der Waals surface area contributed by atoms with E-state index in [4.69, 9.17) is 10.2 Å². The minimum absolute atomic E-state index is 0.0705. The Kier molecular flexibility index (Phi) is 5.21. The molecule has 0 aromatic rings. The van der Waals surface area contributed by atoms with E-state index in [1.807, 2.05) is 6.92 Å². The number of hydrogen-bond donors (Lipinski definition) is 3. The zero-order chi connectivity index (χ0) is 12.8. The molecule has 1 saturated heterocycles. The van der Waals surface area contributed by atoms with Crippen LogP contribution in [-0.2, 0) is 4.79 Å². The molecule has 6 nitrogen and oxygen atoms in total. The molecule has 1 heterocycles. The molecule has 2 unspecified atom stereocenters. The van der Waals surface area contributed by atoms with Crippen molar-refractivity contribution in [1.29, 1.82) is 0 Å². The number of amides is 2.